The highest BCUT2D eigenvalue weighted by molar-refractivity contribution is 5.85. The van der Waals surface area contributed by atoms with Crippen molar-refractivity contribution in [3.8, 4) is 0 Å². The summed E-state index contributed by atoms with van der Waals surface area (Å²) in [4.78, 5) is 4.37. The number of benzene rings is 1. The third kappa shape index (κ3) is 3.01. The normalized spacial score (nSPS) is 18.9. The van der Waals surface area contributed by atoms with Crippen molar-refractivity contribution in [2.75, 3.05) is 0 Å². The van der Waals surface area contributed by atoms with E-state index in [1.54, 1.807) is 0 Å². The van der Waals surface area contributed by atoms with Gasteiger partial charge in [-0.15, -0.1) is 0 Å². The summed E-state index contributed by atoms with van der Waals surface area (Å²) >= 11 is 0. The Kier molecular flexibility index (Phi) is 4.31. The molecule has 1 aliphatic rings. The van der Waals surface area contributed by atoms with Gasteiger partial charge >= 0.3 is 0 Å². The number of hydrogen-bond donors (Lipinski definition) is 1. The maximum atomic E-state index is 6.50. The lowest BCUT2D eigenvalue weighted by Crippen LogP contribution is -2.16. The van der Waals surface area contributed by atoms with Crippen LogP contribution in [0.1, 0.15) is 56.6 Å². The van der Waals surface area contributed by atoms with Crippen molar-refractivity contribution in [2.24, 2.45) is 11.7 Å². The largest absolute Gasteiger partial charge is 0.324 e. The van der Waals surface area contributed by atoms with Crippen LogP contribution in [0.5, 0.6) is 0 Å². The Hall–Kier alpha value is -1.41. The summed E-state index contributed by atoms with van der Waals surface area (Å²) in [7, 11) is 0. The molecule has 2 aromatic rings. The first-order chi connectivity index (χ1) is 9.84. The predicted octanol–water partition coefficient (Wildman–Crippen LogP) is 4.60. The van der Waals surface area contributed by atoms with Gasteiger partial charge in [-0.25, -0.2) is 0 Å². The fraction of sp³-hybridized carbons (Fsp3) is 0.500. The third-order valence-corrected chi connectivity index (χ3v) is 4.66. The highest BCUT2D eigenvalue weighted by atomic mass is 14.7. The molecule has 0 bridgehead atoms. The third-order valence-electron chi connectivity index (χ3n) is 4.66. The molecule has 0 amide bonds. The Bertz CT molecular complexity index is 551. The van der Waals surface area contributed by atoms with E-state index in [-0.39, 0.29) is 6.04 Å². The van der Waals surface area contributed by atoms with Crippen molar-refractivity contribution in [2.45, 2.75) is 51.0 Å². The first-order valence-corrected chi connectivity index (χ1v) is 7.93. The quantitative estimate of drug-likeness (QED) is 0.826. The molecule has 20 heavy (non-hydrogen) atoms. The number of hydrogen-bond acceptors (Lipinski definition) is 2. The van der Waals surface area contributed by atoms with Crippen molar-refractivity contribution in [1.82, 2.24) is 4.98 Å². The topological polar surface area (TPSA) is 38.9 Å². The van der Waals surface area contributed by atoms with Crippen LogP contribution >= 0.6 is 0 Å². The Labute approximate surface area is 121 Å². The van der Waals surface area contributed by atoms with E-state index >= 15 is 0 Å². The van der Waals surface area contributed by atoms with E-state index < -0.39 is 0 Å². The first kappa shape index (κ1) is 13.6. The minimum absolute atomic E-state index is 0.122. The van der Waals surface area contributed by atoms with Crippen LogP contribution in [0, 0.1) is 5.92 Å². The number of nitrogens with zero attached hydrogens (tertiary/aromatic N) is 1. The average molecular weight is 268 g/mol. The maximum absolute atomic E-state index is 6.50. The van der Waals surface area contributed by atoms with Gasteiger partial charge in [-0.05, 0) is 23.3 Å². The highest BCUT2D eigenvalue weighted by Gasteiger charge is 2.18. The molecule has 1 aliphatic carbocycles. The highest BCUT2D eigenvalue weighted by Crippen LogP contribution is 2.32. The first-order valence-electron chi connectivity index (χ1n) is 7.93. The zero-order chi connectivity index (χ0) is 13.8. The number of aromatic nitrogens is 1. The van der Waals surface area contributed by atoms with Gasteiger partial charge in [0.05, 0.1) is 0 Å². The minimum atomic E-state index is 0.122. The van der Waals surface area contributed by atoms with Crippen molar-refractivity contribution in [1.29, 1.82) is 0 Å². The summed E-state index contributed by atoms with van der Waals surface area (Å²) in [6.07, 6.45) is 13.3. The molecule has 1 atom stereocenters. The van der Waals surface area contributed by atoms with Gasteiger partial charge in [0.1, 0.15) is 0 Å². The molecule has 0 saturated heterocycles. The average Bonchev–Trinajstić information content (AvgIpc) is 2.75. The second kappa shape index (κ2) is 6.36. The fourth-order valence-electron chi connectivity index (χ4n) is 3.52. The zero-order valence-electron chi connectivity index (χ0n) is 12.1. The summed E-state index contributed by atoms with van der Waals surface area (Å²) < 4.78 is 0. The zero-order valence-corrected chi connectivity index (χ0v) is 12.1. The second-order valence-electron chi connectivity index (χ2n) is 6.15. The number of rotatable bonds is 3. The molecule has 1 saturated carbocycles. The smallest absolute Gasteiger partial charge is 0.0346 e. The van der Waals surface area contributed by atoms with Crippen molar-refractivity contribution in [3.63, 3.8) is 0 Å². The predicted molar refractivity (Wildman–Crippen MR) is 84.5 cm³/mol. The van der Waals surface area contributed by atoms with Crippen LogP contribution in [0.25, 0.3) is 10.8 Å². The summed E-state index contributed by atoms with van der Waals surface area (Å²) in [6.45, 7) is 0. The SMILES string of the molecule is NC(CC1CCCCCC1)c1cncc2ccccc12. The lowest BCUT2D eigenvalue weighted by molar-refractivity contribution is 0.393. The molecule has 0 aliphatic heterocycles. The van der Waals surface area contributed by atoms with Gasteiger partial charge in [-0.2, -0.15) is 0 Å². The fourth-order valence-corrected chi connectivity index (χ4v) is 3.52. The molecule has 1 aromatic carbocycles. The summed E-state index contributed by atoms with van der Waals surface area (Å²) in [5, 5.41) is 2.46. The Morgan fingerprint density at radius 3 is 2.60 bits per heavy atom. The van der Waals surface area contributed by atoms with E-state index in [9.17, 15) is 0 Å². The van der Waals surface area contributed by atoms with E-state index in [1.807, 2.05) is 12.4 Å². The summed E-state index contributed by atoms with van der Waals surface area (Å²) in [5.41, 5.74) is 7.72. The molecule has 2 N–H and O–H groups in total. The standard InChI is InChI=1S/C18H24N2/c19-18(11-14-7-3-1-2-4-8-14)17-13-20-12-15-9-5-6-10-16(15)17/h5-6,9-10,12-14,18H,1-4,7-8,11,19H2. The Morgan fingerprint density at radius 1 is 1.05 bits per heavy atom. The molecule has 0 radical (unpaired) electrons. The van der Waals surface area contributed by atoms with Crippen LogP contribution in [0.3, 0.4) is 0 Å². The van der Waals surface area contributed by atoms with Crippen LogP contribution in [-0.4, -0.2) is 4.98 Å². The van der Waals surface area contributed by atoms with Crippen LogP contribution in [0.2, 0.25) is 0 Å². The second-order valence-corrected chi connectivity index (χ2v) is 6.15. The monoisotopic (exact) mass is 268 g/mol. The molecule has 1 heterocycles. The van der Waals surface area contributed by atoms with E-state index in [4.69, 9.17) is 5.73 Å². The van der Waals surface area contributed by atoms with Gasteiger partial charge < -0.3 is 5.73 Å². The van der Waals surface area contributed by atoms with Crippen molar-refractivity contribution < 1.29 is 0 Å². The molecule has 2 heteroatoms. The minimum Gasteiger partial charge on any atom is -0.324 e. The van der Waals surface area contributed by atoms with Crippen LogP contribution in [0.15, 0.2) is 36.7 Å². The number of nitrogens with two attached hydrogens (primary N) is 1. The van der Waals surface area contributed by atoms with E-state index in [0.717, 1.165) is 12.3 Å². The van der Waals surface area contributed by atoms with Gasteiger partial charge in [0, 0.05) is 23.8 Å². The molecule has 106 valence electrons. The van der Waals surface area contributed by atoms with Gasteiger partial charge in [-0.3, -0.25) is 4.98 Å². The molecule has 1 fully saturated rings. The summed E-state index contributed by atoms with van der Waals surface area (Å²) in [5.74, 6) is 0.798. The number of fused-ring (bicyclic) bond motifs is 1. The van der Waals surface area contributed by atoms with Gasteiger partial charge in [0.2, 0.25) is 0 Å². The van der Waals surface area contributed by atoms with E-state index in [0.29, 0.717) is 0 Å². The Balaban J connectivity index is 1.79. The van der Waals surface area contributed by atoms with Crippen LogP contribution < -0.4 is 5.73 Å². The summed E-state index contributed by atoms with van der Waals surface area (Å²) in [6, 6.07) is 8.55. The van der Waals surface area contributed by atoms with Gasteiger partial charge in [0.15, 0.2) is 0 Å². The molecule has 0 spiro atoms. The molecule has 1 unspecified atom stereocenters. The number of pyridine rings is 1. The lowest BCUT2D eigenvalue weighted by atomic mass is 9.89. The lowest BCUT2D eigenvalue weighted by Gasteiger charge is -2.20. The van der Waals surface area contributed by atoms with Gasteiger partial charge in [-0.1, -0.05) is 62.8 Å². The molecule has 1 aromatic heterocycles. The molecular weight excluding hydrogens is 244 g/mol. The maximum Gasteiger partial charge on any atom is 0.0346 e. The Morgan fingerprint density at radius 2 is 1.80 bits per heavy atom. The van der Waals surface area contributed by atoms with E-state index in [1.165, 1.54) is 54.9 Å². The van der Waals surface area contributed by atoms with E-state index in [2.05, 4.69) is 29.2 Å². The van der Waals surface area contributed by atoms with Gasteiger partial charge in [0.25, 0.3) is 0 Å². The molecule has 3 rings (SSSR count). The van der Waals surface area contributed by atoms with Crippen LogP contribution in [-0.2, 0) is 0 Å². The van der Waals surface area contributed by atoms with Crippen molar-refractivity contribution in [3.05, 3.63) is 42.2 Å². The van der Waals surface area contributed by atoms with Crippen LogP contribution in [0.4, 0.5) is 0 Å². The molecule has 2 nitrogen and oxygen atoms in total. The molecular formula is C18H24N2. The van der Waals surface area contributed by atoms with Crippen molar-refractivity contribution >= 4 is 10.8 Å².